The van der Waals surface area contributed by atoms with Crippen LogP contribution in [0.25, 0.3) is 0 Å². The van der Waals surface area contributed by atoms with Gasteiger partial charge in [-0.05, 0) is 19.8 Å². The molecule has 0 atom stereocenters. The van der Waals surface area contributed by atoms with E-state index in [0.29, 0.717) is 5.57 Å². The zero-order valence-corrected chi connectivity index (χ0v) is 10.7. The molecule has 0 saturated heterocycles. The van der Waals surface area contributed by atoms with Crippen molar-refractivity contribution in [2.45, 2.75) is 58.8 Å². The van der Waals surface area contributed by atoms with Gasteiger partial charge in [0.05, 0.1) is 0 Å². The summed E-state index contributed by atoms with van der Waals surface area (Å²) in [4.78, 5) is 11.1. The maximum absolute atomic E-state index is 11.1. The topological polar surface area (TPSA) is 29.1 Å². The molecule has 1 N–H and O–H groups in total. The van der Waals surface area contributed by atoms with Gasteiger partial charge in [0.1, 0.15) is 0 Å². The Bertz CT molecular complexity index is 231. The quantitative estimate of drug-likeness (QED) is 0.465. The molecule has 0 saturated carbocycles. The van der Waals surface area contributed by atoms with Gasteiger partial charge < -0.3 is 5.32 Å². The van der Waals surface area contributed by atoms with E-state index in [0.717, 1.165) is 6.42 Å². The average Bonchev–Trinajstić information content (AvgIpc) is 2.26. The number of carbonyl (C=O) groups is 1. The Morgan fingerprint density at radius 1 is 1.19 bits per heavy atom. The molecule has 0 aliphatic heterocycles. The first-order valence-corrected chi connectivity index (χ1v) is 6.30. The fourth-order valence-corrected chi connectivity index (χ4v) is 1.38. The molecule has 0 unspecified atom stereocenters. The number of hydrogen-bond donors (Lipinski definition) is 1. The normalized spacial score (nSPS) is 10.6. The summed E-state index contributed by atoms with van der Waals surface area (Å²) in [6.45, 7) is 7.50. The van der Waals surface area contributed by atoms with Crippen molar-refractivity contribution >= 4 is 5.91 Å². The Morgan fingerprint density at radius 3 is 2.44 bits per heavy atom. The lowest BCUT2D eigenvalue weighted by molar-refractivity contribution is -0.116. The zero-order chi connectivity index (χ0) is 12.2. The van der Waals surface area contributed by atoms with Gasteiger partial charge in [-0.3, -0.25) is 4.79 Å². The minimum absolute atomic E-state index is 0.0980. The number of amides is 1. The van der Waals surface area contributed by atoms with Gasteiger partial charge in [0.25, 0.3) is 0 Å². The summed E-state index contributed by atoms with van der Waals surface area (Å²) in [7, 11) is 0. The van der Waals surface area contributed by atoms with Gasteiger partial charge in [-0.25, -0.2) is 0 Å². The fourth-order valence-electron chi connectivity index (χ4n) is 1.38. The van der Waals surface area contributed by atoms with Gasteiger partial charge >= 0.3 is 0 Å². The van der Waals surface area contributed by atoms with E-state index >= 15 is 0 Å². The van der Waals surface area contributed by atoms with E-state index in [1.807, 2.05) is 6.08 Å². The third kappa shape index (κ3) is 9.50. The van der Waals surface area contributed by atoms with Crippen LogP contribution in [0.3, 0.4) is 0 Å². The predicted molar refractivity (Wildman–Crippen MR) is 70.1 cm³/mol. The van der Waals surface area contributed by atoms with Crippen LogP contribution in [0, 0.1) is 0 Å². The van der Waals surface area contributed by atoms with Crippen molar-refractivity contribution < 1.29 is 4.79 Å². The van der Waals surface area contributed by atoms with Crippen molar-refractivity contribution in [3.63, 3.8) is 0 Å². The average molecular weight is 223 g/mol. The van der Waals surface area contributed by atoms with E-state index in [-0.39, 0.29) is 5.91 Å². The van der Waals surface area contributed by atoms with Crippen LogP contribution < -0.4 is 5.32 Å². The molecule has 0 radical (unpaired) electrons. The lowest BCUT2D eigenvalue weighted by Crippen LogP contribution is -2.16. The van der Waals surface area contributed by atoms with Crippen LogP contribution in [0.5, 0.6) is 0 Å². The molecule has 92 valence electrons. The lowest BCUT2D eigenvalue weighted by atomic mass is 10.1. The third-order valence-electron chi connectivity index (χ3n) is 2.44. The molecule has 0 rings (SSSR count). The van der Waals surface area contributed by atoms with Gasteiger partial charge in [-0.15, -0.1) is 0 Å². The predicted octanol–water partition coefficient (Wildman–Crippen LogP) is 3.94. The summed E-state index contributed by atoms with van der Waals surface area (Å²) < 4.78 is 0. The Balaban J connectivity index is 3.28. The minimum Gasteiger partial charge on any atom is -0.329 e. The summed E-state index contributed by atoms with van der Waals surface area (Å²) in [5.41, 5.74) is 0.546. The van der Waals surface area contributed by atoms with Crippen molar-refractivity contribution in [1.29, 1.82) is 0 Å². The number of nitrogens with one attached hydrogen (secondary N) is 1. The Kier molecular flexibility index (Phi) is 9.78. The number of allylic oxidation sites excluding steroid dienone is 1. The summed E-state index contributed by atoms with van der Waals surface area (Å²) >= 11 is 0. The molecule has 0 aromatic rings. The monoisotopic (exact) mass is 223 g/mol. The SMILES string of the molecule is C=C(C)C(=O)NC=CCCCCCCCC. The smallest absolute Gasteiger partial charge is 0.250 e. The van der Waals surface area contributed by atoms with Crippen LogP contribution in [0.4, 0.5) is 0 Å². The highest BCUT2D eigenvalue weighted by Crippen LogP contribution is 2.06. The molecule has 0 aromatic carbocycles. The van der Waals surface area contributed by atoms with Crippen molar-refractivity contribution in [2.24, 2.45) is 0 Å². The summed E-state index contributed by atoms with van der Waals surface area (Å²) in [5.74, 6) is -0.0980. The molecule has 0 aliphatic carbocycles. The van der Waals surface area contributed by atoms with Gasteiger partial charge in [0.15, 0.2) is 0 Å². The number of carbonyl (C=O) groups excluding carboxylic acids is 1. The molecule has 0 bridgehead atoms. The van der Waals surface area contributed by atoms with Crippen molar-refractivity contribution in [1.82, 2.24) is 5.32 Å². The third-order valence-corrected chi connectivity index (χ3v) is 2.44. The maximum atomic E-state index is 11.1. The lowest BCUT2D eigenvalue weighted by Gasteiger charge is -1.99. The van der Waals surface area contributed by atoms with Crippen molar-refractivity contribution in [3.05, 3.63) is 24.4 Å². The van der Waals surface area contributed by atoms with E-state index in [4.69, 9.17) is 0 Å². The van der Waals surface area contributed by atoms with E-state index in [2.05, 4.69) is 18.8 Å². The number of hydrogen-bond acceptors (Lipinski definition) is 1. The molecule has 0 fully saturated rings. The van der Waals surface area contributed by atoms with E-state index in [9.17, 15) is 4.79 Å². The van der Waals surface area contributed by atoms with Crippen LogP contribution in [-0.4, -0.2) is 5.91 Å². The molecule has 16 heavy (non-hydrogen) atoms. The number of unbranched alkanes of at least 4 members (excludes halogenated alkanes) is 6. The molecule has 1 amide bonds. The zero-order valence-electron chi connectivity index (χ0n) is 10.7. The van der Waals surface area contributed by atoms with Crippen molar-refractivity contribution in [2.75, 3.05) is 0 Å². The Labute approximate surface area is 99.8 Å². The maximum Gasteiger partial charge on any atom is 0.250 e. The van der Waals surface area contributed by atoms with E-state index in [1.165, 1.54) is 38.5 Å². The Hall–Kier alpha value is -1.05. The van der Waals surface area contributed by atoms with Crippen LogP contribution in [0.15, 0.2) is 24.4 Å². The standard InChI is InChI=1S/C14H25NO/c1-4-5-6-7-8-9-10-11-12-15-14(16)13(2)3/h11-12H,2,4-10H2,1,3H3,(H,15,16). The molecule has 0 heterocycles. The first-order chi connectivity index (χ1) is 7.68. The molecular formula is C14H25NO. The van der Waals surface area contributed by atoms with Gasteiger partial charge in [-0.2, -0.15) is 0 Å². The highest BCUT2D eigenvalue weighted by Gasteiger charge is 1.95. The summed E-state index contributed by atoms with van der Waals surface area (Å²) in [6, 6.07) is 0. The summed E-state index contributed by atoms with van der Waals surface area (Å²) in [5, 5.41) is 2.67. The van der Waals surface area contributed by atoms with Crippen molar-refractivity contribution in [3.8, 4) is 0 Å². The summed E-state index contributed by atoms with van der Waals surface area (Å²) in [6.07, 6.45) is 12.6. The molecule has 0 spiro atoms. The van der Waals surface area contributed by atoms with Crippen LogP contribution >= 0.6 is 0 Å². The highest BCUT2D eigenvalue weighted by molar-refractivity contribution is 5.92. The second-order valence-corrected chi connectivity index (χ2v) is 4.21. The second kappa shape index (κ2) is 10.5. The van der Waals surface area contributed by atoms with E-state index in [1.54, 1.807) is 13.1 Å². The highest BCUT2D eigenvalue weighted by atomic mass is 16.1. The Morgan fingerprint density at radius 2 is 1.81 bits per heavy atom. The van der Waals surface area contributed by atoms with Gasteiger partial charge in [0.2, 0.25) is 5.91 Å². The second-order valence-electron chi connectivity index (χ2n) is 4.21. The van der Waals surface area contributed by atoms with E-state index < -0.39 is 0 Å². The largest absolute Gasteiger partial charge is 0.329 e. The first kappa shape index (κ1) is 14.9. The van der Waals surface area contributed by atoms with Crippen LogP contribution in [0.2, 0.25) is 0 Å². The van der Waals surface area contributed by atoms with Crippen LogP contribution in [0.1, 0.15) is 58.8 Å². The van der Waals surface area contributed by atoms with Crippen LogP contribution in [-0.2, 0) is 4.79 Å². The number of rotatable bonds is 9. The van der Waals surface area contributed by atoms with Gasteiger partial charge in [0, 0.05) is 11.8 Å². The molecule has 0 aromatic heterocycles. The molecule has 0 aliphatic rings. The van der Waals surface area contributed by atoms with Gasteiger partial charge in [-0.1, -0.05) is 51.7 Å². The first-order valence-electron chi connectivity index (χ1n) is 6.30. The molecule has 2 heteroatoms. The molecule has 2 nitrogen and oxygen atoms in total. The minimum atomic E-state index is -0.0980. The fraction of sp³-hybridized carbons (Fsp3) is 0.643. The molecular weight excluding hydrogens is 198 g/mol.